The van der Waals surface area contributed by atoms with Crippen LogP contribution < -0.4 is 33.6 Å². The van der Waals surface area contributed by atoms with Gasteiger partial charge in [-0.1, -0.05) is 30.3 Å². The van der Waals surface area contributed by atoms with E-state index in [1.54, 1.807) is 0 Å². The highest BCUT2D eigenvalue weighted by atomic mass is 127. The van der Waals surface area contributed by atoms with Crippen LogP contribution in [-0.4, -0.2) is 13.3 Å². The third-order valence-electron chi connectivity index (χ3n) is 3.96. The molecule has 0 atom stereocenters. The summed E-state index contributed by atoms with van der Waals surface area (Å²) < 4.78 is 2.29. The van der Waals surface area contributed by atoms with Crippen LogP contribution in [0.1, 0.15) is 25.5 Å². The number of anilines is 1. The van der Waals surface area contributed by atoms with Crippen molar-refractivity contribution in [2.75, 3.05) is 12.1 Å². The van der Waals surface area contributed by atoms with Gasteiger partial charge in [0, 0.05) is 24.7 Å². The minimum Gasteiger partial charge on any atom is -1.00 e. The molecule has 0 bridgehead atoms. The molecular formula is C20H22IN3. The molecule has 0 radical (unpaired) electrons. The smallest absolute Gasteiger partial charge is 0.213 e. The lowest BCUT2D eigenvalue weighted by molar-refractivity contribution is -0.691. The summed E-state index contributed by atoms with van der Waals surface area (Å²) in [6, 6.07) is 21.2. The third kappa shape index (κ3) is 3.93. The Morgan fingerprint density at radius 3 is 2.33 bits per heavy atom. The number of halogens is 1. The Labute approximate surface area is 160 Å². The molecule has 0 aliphatic carbocycles. The molecule has 4 heteroatoms. The maximum atomic E-state index is 4.59. The molecule has 3 rings (SSSR count). The van der Waals surface area contributed by atoms with Gasteiger partial charge in [0.25, 0.3) is 0 Å². The molecule has 3 aromatic rings. The minimum absolute atomic E-state index is 0. The fourth-order valence-corrected chi connectivity index (χ4v) is 2.70. The van der Waals surface area contributed by atoms with E-state index in [0.29, 0.717) is 6.04 Å². The van der Waals surface area contributed by atoms with Crippen molar-refractivity contribution in [3.8, 4) is 0 Å². The number of aromatic nitrogens is 1. The van der Waals surface area contributed by atoms with Gasteiger partial charge in [0.15, 0.2) is 12.2 Å². The Morgan fingerprint density at radius 1 is 0.958 bits per heavy atom. The summed E-state index contributed by atoms with van der Waals surface area (Å²) in [4.78, 5) is 0. The Balaban J connectivity index is 0.00000208. The molecule has 2 aromatic carbocycles. The zero-order valence-electron chi connectivity index (χ0n) is 14.2. The molecule has 0 amide bonds. The summed E-state index contributed by atoms with van der Waals surface area (Å²) in [6.45, 7) is 4.40. The first-order chi connectivity index (χ1) is 11.2. The second-order valence-corrected chi connectivity index (χ2v) is 5.89. The van der Waals surface area contributed by atoms with Gasteiger partial charge in [-0.05, 0) is 32.0 Å². The molecule has 0 unspecified atom stereocenters. The molecule has 3 nitrogen and oxygen atoms in total. The standard InChI is InChI=1S/C20H22N3.HI/c1-16(2)23-14-13-17(19-11-7-8-12-20(19)23)15-21-22(3)18-9-5-4-6-10-18;/h4-16H,1-3H3;1H/q+1;/p-1. The molecule has 0 aliphatic rings. The van der Waals surface area contributed by atoms with E-state index in [-0.39, 0.29) is 24.0 Å². The van der Waals surface area contributed by atoms with Gasteiger partial charge in [0.2, 0.25) is 5.52 Å². The molecule has 0 N–H and O–H groups in total. The number of nitrogens with zero attached hydrogens (tertiary/aromatic N) is 3. The second kappa shape index (κ2) is 8.24. The molecule has 0 saturated carbocycles. The maximum absolute atomic E-state index is 4.59. The molecule has 0 saturated heterocycles. The average Bonchev–Trinajstić information content (AvgIpc) is 2.59. The molecule has 124 valence electrons. The van der Waals surface area contributed by atoms with E-state index in [4.69, 9.17) is 0 Å². The van der Waals surface area contributed by atoms with E-state index in [1.165, 1.54) is 10.9 Å². The van der Waals surface area contributed by atoms with E-state index in [9.17, 15) is 0 Å². The van der Waals surface area contributed by atoms with Crippen molar-refractivity contribution < 1.29 is 28.5 Å². The van der Waals surface area contributed by atoms with E-state index < -0.39 is 0 Å². The predicted octanol–water partition coefficient (Wildman–Crippen LogP) is 1.18. The highest BCUT2D eigenvalue weighted by Gasteiger charge is 2.13. The van der Waals surface area contributed by atoms with Gasteiger partial charge < -0.3 is 24.0 Å². The van der Waals surface area contributed by atoms with Crippen molar-refractivity contribution in [1.29, 1.82) is 0 Å². The summed E-state index contributed by atoms with van der Waals surface area (Å²) in [5.41, 5.74) is 3.43. The van der Waals surface area contributed by atoms with Gasteiger partial charge in [-0.3, -0.25) is 5.01 Å². The zero-order chi connectivity index (χ0) is 16.2. The number of benzene rings is 2. The normalized spacial score (nSPS) is 11.0. The van der Waals surface area contributed by atoms with Gasteiger partial charge in [-0.15, -0.1) is 0 Å². The number of hydrazone groups is 1. The molecule has 0 fully saturated rings. The topological polar surface area (TPSA) is 19.5 Å². The Bertz CT molecular complexity index is 829. The number of para-hydroxylation sites is 2. The predicted molar refractivity (Wildman–Crippen MR) is 97.0 cm³/mol. The molecule has 1 aromatic heterocycles. The third-order valence-corrected chi connectivity index (χ3v) is 3.96. The van der Waals surface area contributed by atoms with Crippen molar-refractivity contribution in [3.05, 3.63) is 72.4 Å². The average molecular weight is 431 g/mol. The molecule has 0 aliphatic heterocycles. The first-order valence-corrected chi connectivity index (χ1v) is 7.92. The highest BCUT2D eigenvalue weighted by Crippen LogP contribution is 2.16. The number of fused-ring (bicyclic) bond motifs is 1. The van der Waals surface area contributed by atoms with E-state index >= 15 is 0 Å². The van der Waals surface area contributed by atoms with Crippen LogP contribution in [0.25, 0.3) is 10.9 Å². The molecule has 24 heavy (non-hydrogen) atoms. The summed E-state index contributed by atoms with van der Waals surface area (Å²) in [5.74, 6) is 0. The summed E-state index contributed by atoms with van der Waals surface area (Å²) >= 11 is 0. The van der Waals surface area contributed by atoms with Crippen LogP contribution in [0.4, 0.5) is 5.69 Å². The van der Waals surface area contributed by atoms with Crippen molar-refractivity contribution in [2.45, 2.75) is 19.9 Å². The van der Waals surface area contributed by atoms with Crippen molar-refractivity contribution >= 4 is 22.8 Å². The van der Waals surface area contributed by atoms with Crippen LogP contribution in [0.2, 0.25) is 0 Å². The maximum Gasteiger partial charge on any atom is 0.213 e. The van der Waals surface area contributed by atoms with E-state index in [0.717, 1.165) is 11.3 Å². The lowest BCUT2D eigenvalue weighted by atomic mass is 10.1. The van der Waals surface area contributed by atoms with Crippen molar-refractivity contribution in [3.63, 3.8) is 0 Å². The van der Waals surface area contributed by atoms with Gasteiger partial charge in [0.05, 0.1) is 17.3 Å². The fraction of sp³-hybridized carbons (Fsp3) is 0.200. The number of rotatable bonds is 4. The van der Waals surface area contributed by atoms with Gasteiger partial charge in [0.1, 0.15) is 0 Å². The highest BCUT2D eigenvalue weighted by molar-refractivity contribution is 5.97. The minimum atomic E-state index is 0. The van der Waals surface area contributed by atoms with Gasteiger partial charge in [-0.2, -0.15) is 9.67 Å². The number of hydrogen-bond donors (Lipinski definition) is 0. The lowest BCUT2D eigenvalue weighted by Gasteiger charge is -2.12. The van der Waals surface area contributed by atoms with Crippen LogP contribution in [0, 0.1) is 0 Å². The molecular weight excluding hydrogens is 409 g/mol. The Morgan fingerprint density at radius 2 is 1.62 bits per heavy atom. The summed E-state index contributed by atoms with van der Waals surface area (Å²) in [6.07, 6.45) is 4.07. The molecule has 1 heterocycles. The SMILES string of the molecule is CC(C)[n+]1ccc(C=NN(C)c2ccccc2)c2ccccc21.[I-]. The number of pyridine rings is 1. The Kier molecular flexibility index (Phi) is 6.31. The van der Waals surface area contributed by atoms with Crippen molar-refractivity contribution in [2.24, 2.45) is 5.10 Å². The molecule has 0 spiro atoms. The fourth-order valence-electron chi connectivity index (χ4n) is 2.70. The lowest BCUT2D eigenvalue weighted by Crippen LogP contribution is -3.00. The summed E-state index contributed by atoms with van der Waals surface area (Å²) in [5, 5.41) is 7.69. The second-order valence-electron chi connectivity index (χ2n) is 5.89. The van der Waals surface area contributed by atoms with E-state index in [1.807, 2.05) is 48.6 Å². The van der Waals surface area contributed by atoms with E-state index in [2.05, 4.69) is 60.0 Å². The van der Waals surface area contributed by atoms with Crippen LogP contribution in [-0.2, 0) is 0 Å². The first kappa shape index (κ1) is 18.4. The van der Waals surface area contributed by atoms with Gasteiger partial charge >= 0.3 is 0 Å². The first-order valence-electron chi connectivity index (χ1n) is 7.92. The Hall–Kier alpha value is -1.95. The van der Waals surface area contributed by atoms with Crippen LogP contribution in [0.3, 0.4) is 0 Å². The van der Waals surface area contributed by atoms with Crippen LogP contribution >= 0.6 is 0 Å². The summed E-state index contributed by atoms with van der Waals surface area (Å²) in [7, 11) is 1.96. The number of hydrogen-bond acceptors (Lipinski definition) is 2. The monoisotopic (exact) mass is 431 g/mol. The van der Waals surface area contributed by atoms with Gasteiger partial charge in [-0.25, -0.2) is 0 Å². The van der Waals surface area contributed by atoms with Crippen molar-refractivity contribution in [1.82, 2.24) is 0 Å². The quantitative estimate of drug-likeness (QED) is 0.263. The van der Waals surface area contributed by atoms with Crippen LogP contribution in [0.15, 0.2) is 72.0 Å². The van der Waals surface area contributed by atoms with Crippen LogP contribution in [0.5, 0.6) is 0 Å². The largest absolute Gasteiger partial charge is 1.00 e. The zero-order valence-corrected chi connectivity index (χ0v) is 16.4.